The van der Waals surface area contributed by atoms with Crippen molar-refractivity contribution >= 4 is 0 Å². The summed E-state index contributed by atoms with van der Waals surface area (Å²) in [5, 5.41) is 0. The molecule has 1 atom stereocenters. The van der Waals surface area contributed by atoms with Gasteiger partial charge in [-0.25, -0.2) is 0 Å². The van der Waals surface area contributed by atoms with E-state index >= 15 is 0 Å². The van der Waals surface area contributed by atoms with Crippen molar-refractivity contribution in [2.45, 2.75) is 26.3 Å². The largest absolute Gasteiger partial charge is 0.364 e. The molecule has 0 saturated heterocycles. The predicted molar refractivity (Wildman–Crippen MR) is 55.2 cm³/mol. The van der Waals surface area contributed by atoms with Crippen LogP contribution in [0.25, 0.3) is 0 Å². The Morgan fingerprint density at radius 3 is 2.69 bits per heavy atom. The minimum absolute atomic E-state index is 0.0635. The number of nitrogens with two attached hydrogens (primary N) is 2. The van der Waals surface area contributed by atoms with E-state index < -0.39 is 0 Å². The Bertz CT molecular complexity index is 239. The Morgan fingerprint density at radius 2 is 2.23 bits per heavy atom. The maximum Gasteiger partial charge on any atom is 0.0453 e. The van der Waals surface area contributed by atoms with Crippen molar-refractivity contribution in [2.24, 2.45) is 16.9 Å². The van der Waals surface area contributed by atoms with E-state index in [1.807, 2.05) is 18.3 Å². The quantitative estimate of drug-likeness (QED) is 0.657. The Morgan fingerprint density at radius 1 is 1.54 bits per heavy atom. The molecule has 0 bridgehead atoms. The minimum atomic E-state index is 0.0635. The van der Waals surface area contributed by atoms with Crippen LogP contribution >= 0.6 is 0 Å². The zero-order valence-corrected chi connectivity index (χ0v) is 8.38. The topological polar surface area (TPSA) is 67.8 Å². The lowest BCUT2D eigenvalue weighted by Gasteiger charge is -2.25. The van der Waals surface area contributed by atoms with Crippen LogP contribution in [0.5, 0.6) is 0 Å². The van der Waals surface area contributed by atoms with E-state index in [-0.39, 0.29) is 11.5 Å². The van der Waals surface area contributed by atoms with Gasteiger partial charge in [0.2, 0.25) is 0 Å². The third-order valence-corrected chi connectivity index (χ3v) is 2.35. The van der Waals surface area contributed by atoms with Gasteiger partial charge in [-0.1, -0.05) is 13.8 Å². The van der Waals surface area contributed by atoms with Gasteiger partial charge in [0.15, 0.2) is 0 Å². The van der Waals surface area contributed by atoms with Crippen LogP contribution in [0.1, 0.15) is 32.0 Å². The van der Waals surface area contributed by atoms with Crippen molar-refractivity contribution in [1.29, 1.82) is 0 Å². The Hall–Kier alpha value is -0.800. The van der Waals surface area contributed by atoms with Crippen LogP contribution in [0.15, 0.2) is 18.3 Å². The summed E-state index contributed by atoms with van der Waals surface area (Å²) < 4.78 is 0. The van der Waals surface area contributed by atoms with Gasteiger partial charge in [0.05, 0.1) is 0 Å². The lowest BCUT2D eigenvalue weighted by Crippen LogP contribution is -2.28. The first-order valence-corrected chi connectivity index (χ1v) is 4.64. The Labute approximate surface area is 79.5 Å². The van der Waals surface area contributed by atoms with Gasteiger partial charge in [-0.15, -0.1) is 0 Å². The first kappa shape index (κ1) is 10.3. The van der Waals surface area contributed by atoms with Crippen molar-refractivity contribution in [3.63, 3.8) is 0 Å². The van der Waals surface area contributed by atoms with Crippen LogP contribution < -0.4 is 11.5 Å². The van der Waals surface area contributed by atoms with Crippen LogP contribution in [-0.2, 0) is 0 Å². The SMILES string of the molecule is CC(C)(CN)CC(N)c1ccc[nH]1. The van der Waals surface area contributed by atoms with Gasteiger partial charge < -0.3 is 16.5 Å². The highest BCUT2D eigenvalue weighted by molar-refractivity contribution is 5.08. The first-order valence-electron chi connectivity index (χ1n) is 4.64. The lowest BCUT2D eigenvalue weighted by molar-refractivity contribution is 0.315. The minimum Gasteiger partial charge on any atom is -0.364 e. The van der Waals surface area contributed by atoms with Crippen LogP contribution in [0.4, 0.5) is 0 Å². The third-order valence-electron chi connectivity index (χ3n) is 2.35. The summed E-state index contributed by atoms with van der Waals surface area (Å²) in [4.78, 5) is 3.12. The Kier molecular flexibility index (Phi) is 3.12. The van der Waals surface area contributed by atoms with E-state index in [4.69, 9.17) is 11.5 Å². The van der Waals surface area contributed by atoms with Crippen molar-refractivity contribution in [2.75, 3.05) is 6.54 Å². The van der Waals surface area contributed by atoms with Gasteiger partial charge in [0, 0.05) is 17.9 Å². The molecule has 0 amide bonds. The normalized spacial score (nSPS) is 14.5. The summed E-state index contributed by atoms with van der Waals surface area (Å²) >= 11 is 0. The summed E-state index contributed by atoms with van der Waals surface area (Å²) in [5.41, 5.74) is 12.9. The molecule has 1 aromatic heterocycles. The zero-order valence-electron chi connectivity index (χ0n) is 8.38. The fourth-order valence-electron chi connectivity index (χ4n) is 1.36. The number of aromatic amines is 1. The van der Waals surface area contributed by atoms with Gasteiger partial charge in [-0.3, -0.25) is 0 Å². The first-order chi connectivity index (χ1) is 6.05. The zero-order chi connectivity index (χ0) is 9.90. The van der Waals surface area contributed by atoms with Gasteiger partial charge in [0.25, 0.3) is 0 Å². The Balaban J connectivity index is 2.56. The molecule has 13 heavy (non-hydrogen) atoms. The van der Waals surface area contributed by atoms with Crippen LogP contribution in [0.3, 0.4) is 0 Å². The molecule has 3 heteroatoms. The van der Waals surface area contributed by atoms with Crippen molar-refractivity contribution < 1.29 is 0 Å². The smallest absolute Gasteiger partial charge is 0.0453 e. The average Bonchev–Trinajstić information content (AvgIpc) is 2.55. The molecule has 1 aromatic rings. The molecule has 0 aliphatic heterocycles. The molecule has 3 nitrogen and oxygen atoms in total. The van der Waals surface area contributed by atoms with E-state index in [9.17, 15) is 0 Å². The third kappa shape index (κ3) is 2.86. The molecule has 0 aliphatic carbocycles. The van der Waals surface area contributed by atoms with Crippen LogP contribution in [0.2, 0.25) is 0 Å². The van der Waals surface area contributed by atoms with Gasteiger partial charge in [-0.05, 0) is 30.5 Å². The van der Waals surface area contributed by atoms with Crippen molar-refractivity contribution in [1.82, 2.24) is 4.98 Å². The molecular formula is C10H19N3. The second-order valence-electron chi connectivity index (χ2n) is 4.30. The van der Waals surface area contributed by atoms with Crippen molar-refractivity contribution in [3.8, 4) is 0 Å². The maximum atomic E-state index is 6.01. The summed E-state index contributed by atoms with van der Waals surface area (Å²) in [6, 6.07) is 4.04. The lowest BCUT2D eigenvalue weighted by atomic mass is 9.85. The average molecular weight is 181 g/mol. The van der Waals surface area contributed by atoms with Crippen LogP contribution in [0, 0.1) is 5.41 Å². The van der Waals surface area contributed by atoms with E-state index in [1.54, 1.807) is 0 Å². The molecule has 1 rings (SSSR count). The van der Waals surface area contributed by atoms with Crippen LogP contribution in [-0.4, -0.2) is 11.5 Å². The van der Waals surface area contributed by atoms with Crippen molar-refractivity contribution in [3.05, 3.63) is 24.0 Å². The number of aromatic nitrogens is 1. The number of nitrogens with one attached hydrogen (secondary N) is 1. The summed E-state index contributed by atoms with van der Waals surface area (Å²) in [5.74, 6) is 0. The molecule has 1 unspecified atom stereocenters. The standard InChI is InChI=1S/C10H19N3/c1-10(2,7-11)6-8(12)9-4-3-5-13-9/h3-5,8,13H,6-7,11-12H2,1-2H3. The maximum absolute atomic E-state index is 6.01. The second-order valence-corrected chi connectivity index (χ2v) is 4.30. The number of hydrogen-bond acceptors (Lipinski definition) is 2. The molecule has 0 aromatic carbocycles. The van der Waals surface area contributed by atoms with E-state index in [0.717, 1.165) is 12.1 Å². The van der Waals surface area contributed by atoms with E-state index in [2.05, 4.69) is 18.8 Å². The predicted octanol–water partition coefficient (Wildman–Crippen LogP) is 1.39. The molecule has 0 aliphatic rings. The van der Waals surface area contributed by atoms with Gasteiger partial charge in [-0.2, -0.15) is 0 Å². The molecule has 0 radical (unpaired) electrons. The fourth-order valence-corrected chi connectivity index (χ4v) is 1.36. The number of rotatable bonds is 4. The van der Waals surface area contributed by atoms with E-state index in [0.29, 0.717) is 6.54 Å². The van der Waals surface area contributed by atoms with Gasteiger partial charge >= 0.3 is 0 Å². The highest BCUT2D eigenvalue weighted by atomic mass is 14.8. The molecule has 74 valence electrons. The highest BCUT2D eigenvalue weighted by Crippen LogP contribution is 2.26. The molecule has 5 N–H and O–H groups in total. The number of H-pyrrole nitrogens is 1. The van der Waals surface area contributed by atoms with Gasteiger partial charge in [0.1, 0.15) is 0 Å². The molecule has 1 heterocycles. The molecule has 0 saturated carbocycles. The van der Waals surface area contributed by atoms with E-state index in [1.165, 1.54) is 0 Å². The summed E-state index contributed by atoms with van der Waals surface area (Å²) in [6.07, 6.45) is 2.80. The summed E-state index contributed by atoms with van der Waals surface area (Å²) in [7, 11) is 0. The molecular weight excluding hydrogens is 162 g/mol. The fraction of sp³-hybridized carbons (Fsp3) is 0.600. The number of hydrogen-bond donors (Lipinski definition) is 3. The second kappa shape index (κ2) is 3.94. The highest BCUT2D eigenvalue weighted by Gasteiger charge is 2.20. The molecule has 0 fully saturated rings. The monoisotopic (exact) mass is 181 g/mol. The summed E-state index contributed by atoms with van der Waals surface area (Å²) in [6.45, 7) is 4.94. The molecule has 0 spiro atoms.